The van der Waals surface area contributed by atoms with Crippen molar-refractivity contribution in [1.82, 2.24) is 10.6 Å². The molecule has 0 radical (unpaired) electrons. The molecule has 0 aliphatic heterocycles. The summed E-state index contributed by atoms with van der Waals surface area (Å²) in [7, 11) is 0. The molecule has 0 aliphatic carbocycles. The summed E-state index contributed by atoms with van der Waals surface area (Å²) in [6.07, 6.45) is 0.0884. The fourth-order valence-electron chi connectivity index (χ4n) is 1.20. The van der Waals surface area contributed by atoms with E-state index in [-0.39, 0.29) is 24.4 Å². The van der Waals surface area contributed by atoms with Crippen molar-refractivity contribution >= 4 is 12.0 Å². The molecule has 1 atom stereocenters. The Hall–Kier alpha value is -1.66. The Morgan fingerprint density at radius 3 is 2.16 bits per heavy atom. The van der Waals surface area contributed by atoms with Crippen LogP contribution in [0.25, 0.3) is 0 Å². The maximum absolute atomic E-state index is 11.6. The minimum absolute atomic E-state index is 0.0912. The molecule has 1 unspecified atom stereocenters. The molecular weight excluding hydrogens is 248 g/mol. The van der Waals surface area contributed by atoms with E-state index in [1.54, 1.807) is 13.8 Å². The van der Waals surface area contributed by atoms with E-state index in [4.69, 9.17) is 5.11 Å². The van der Waals surface area contributed by atoms with Gasteiger partial charge in [0.05, 0.1) is 5.54 Å². The number of carbonyl (C=O) groups excluding carboxylic acids is 1. The number of nitrogens with zero attached hydrogens (tertiary/aromatic N) is 2. The zero-order chi connectivity index (χ0) is 15.1. The highest BCUT2D eigenvalue weighted by molar-refractivity contribution is 5.74. The van der Waals surface area contributed by atoms with Gasteiger partial charge in [0.2, 0.25) is 0 Å². The second kappa shape index (κ2) is 7.06. The molecule has 110 valence electrons. The van der Waals surface area contributed by atoms with Gasteiger partial charge in [-0.25, -0.2) is 4.79 Å². The summed E-state index contributed by atoms with van der Waals surface area (Å²) in [5.74, 6) is -0.935. The molecule has 0 bridgehead atoms. The number of carboxylic acids is 1. The predicted molar refractivity (Wildman–Crippen MR) is 72.1 cm³/mol. The Labute approximate surface area is 113 Å². The van der Waals surface area contributed by atoms with E-state index in [1.807, 2.05) is 20.8 Å². The standard InChI is InChI=1S/C12H24N4O3/c1-6-13-10(19)14-12(5,8-7-9(17)18)16-15-11(2,3)4/h6-8H2,1-5H3,(H,17,18)(H2,13,14,19). The Balaban J connectivity index is 4.85. The molecule has 7 heteroatoms. The van der Waals surface area contributed by atoms with Crippen LogP contribution in [0.5, 0.6) is 0 Å². The normalized spacial score (nSPS) is 15.0. The Morgan fingerprint density at radius 2 is 1.74 bits per heavy atom. The van der Waals surface area contributed by atoms with Gasteiger partial charge in [0, 0.05) is 19.4 Å². The van der Waals surface area contributed by atoms with Crippen molar-refractivity contribution in [3.05, 3.63) is 0 Å². The minimum Gasteiger partial charge on any atom is -0.481 e. The third-order valence-electron chi connectivity index (χ3n) is 2.12. The SMILES string of the molecule is CCNC(=O)NC(C)(CCC(=O)O)N=NC(C)(C)C. The van der Waals surface area contributed by atoms with Crippen molar-refractivity contribution in [1.29, 1.82) is 0 Å². The van der Waals surface area contributed by atoms with Crippen LogP contribution in [-0.2, 0) is 4.79 Å². The zero-order valence-electron chi connectivity index (χ0n) is 12.3. The lowest BCUT2D eigenvalue weighted by atomic mass is 10.1. The summed E-state index contributed by atoms with van der Waals surface area (Å²) in [5, 5.41) is 22.2. The molecule has 0 aliphatic rings. The molecule has 0 aromatic carbocycles. The number of azo groups is 1. The fourth-order valence-corrected chi connectivity index (χ4v) is 1.20. The largest absolute Gasteiger partial charge is 0.481 e. The predicted octanol–water partition coefficient (Wildman–Crippen LogP) is 2.14. The molecule has 0 heterocycles. The molecule has 7 nitrogen and oxygen atoms in total. The first-order valence-corrected chi connectivity index (χ1v) is 6.30. The summed E-state index contributed by atoms with van der Waals surface area (Å²) in [4.78, 5) is 22.2. The third kappa shape index (κ3) is 8.98. The minimum atomic E-state index is -1.02. The fraction of sp³-hybridized carbons (Fsp3) is 0.833. The van der Waals surface area contributed by atoms with Crippen molar-refractivity contribution in [2.75, 3.05) is 6.54 Å². The number of nitrogens with one attached hydrogen (secondary N) is 2. The lowest BCUT2D eigenvalue weighted by molar-refractivity contribution is -0.137. The number of urea groups is 1. The van der Waals surface area contributed by atoms with Gasteiger partial charge in [-0.2, -0.15) is 10.2 Å². The first kappa shape index (κ1) is 17.3. The van der Waals surface area contributed by atoms with Crippen molar-refractivity contribution in [2.45, 2.75) is 58.7 Å². The van der Waals surface area contributed by atoms with Gasteiger partial charge in [0.15, 0.2) is 5.66 Å². The summed E-state index contributed by atoms with van der Waals surface area (Å²) in [5.41, 5.74) is -1.40. The molecule has 19 heavy (non-hydrogen) atoms. The van der Waals surface area contributed by atoms with E-state index >= 15 is 0 Å². The van der Waals surface area contributed by atoms with Crippen LogP contribution in [0.1, 0.15) is 47.5 Å². The highest BCUT2D eigenvalue weighted by Gasteiger charge is 2.27. The molecule has 0 saturated carbocycles. The van der Waals surface area contributed by atoms with Crippen molar-refractivity contribution in [3.63, 3.8) is 0 Å². The van der Waals surface area contributed by atoms with Crippen LogP contribution >= 0.6 is 0 Å². The van der Waals surface area contributed by atoms with Gasteiger partial charge in [-0.1, -0.05) is 0 Å². The van der Waals surface area contributed by atoms with E-state index in [2.05, 4.69) is 20.9 Å². The maximum Gasteiger partial charge on any atom is 0.316 e. The number of amides is 2. The molecule has 0 spiro atoms. The van der Waals surface area contributed by atoms with Crippen LogP contribution in [0.2, 0.25) is 0 Å². The van der Waals surface area contributed by atoms with Crippen molar-refractivity contribution in [2.24, 2.45) is 10.2 Å². The Morgan fingerprint density at radius 1 is 1.16 bits per heavy atom. The van der Waals surface area contributed by atoms with Gasteiger partial charge < -0.3 is 15.7 Å². The molecule has 0 saturated heterocycles. The second-order valence-corrected chi connectivity index (χ2v) is 5.52. The first-order valence-electron chi connectivity index (χ1n) is 6.30. The lowest BCUT2D eigenvalue weighted by Gasteiger charge is -2.26. The third-order valence-corrected chi connectivity index (χ3v) is 2.12. The van der Waals surface area contributed by atoms with Crippen molar-refractivity contribution in [3.8, 4) is 0 Å². The Bertz CT molecular complexity index is 349. The van der Waals surface area contributed by atoms with Gasteiger partial charge in [-0.3, -0.25) is 4.79 Å². The van der Waals surface area contributed by atoms with Gasteiger partial charge in [0.25, 0.3) is 0 Å². The number of hydrogen-bond acceptors (Lipinski definition) is 4. The van der Waals surface area contributed by atoms with Gasteiger partial charge in [-0.15, -0.1) is 0 Å². The highest BCUT2D eigenvalue weighted by atomic mass is 16.4. The summed E-state index contributed by atoms with van der Waals surface area (Å²) in [6.45, 7) is 9.56. The Kier molecular flexibility index (Phi) is 6.44. The number of carboxylic acid groups (broad SMARTS) is 1. The molecular formula is C12H24N4O3. The highest BCUT2D eigenvalue weighted by Crippen LogP contribution is 2.18. The molecule has 0 fully saturated rings. The van der Waals surface area contributed by atoms with E-state index in [9.17, 15) is 9.59 Å². The van der Waals surface area contributed by atoms with Crippen LogP contribution in [0, 0.1) is 0 Å². The van der Waals surface area contributed by atoms with Gasteiger partial charge in [-0.05, 0) is 34.6 Å². The van der Waals surface area contributed by atoms with Crippen LogP contribution in [0.15, 0.2) is 10.2 Å². The van der Waals surface area contributed by atoms with E-state index in [0.717, 1.165) is 0 Å². The molecule has 3 N–H and O–H groups in total. The molecule has 0 rings (SSSR count). The summed E-state index contributed by atoms with van der Waals surface area (Å²) in [6, 6.07) is -0.386. The lowest BCUT2D eigenvalue weighted by Crippen LogP contribution is -2.49. The summed E-state index contributed by atoms with van der Waals surface area (Å²) < 4.78 is 0. The molecule has 0 aromatic heterocycles. The van der Waals surface area contributed by atoms with Crippen molar-refractivity contribution < 1.29 is 14.7 Å². The second-order valence-electron chi connectivity index (χ2n) is 5.52. The van der Waals surface area contributed by atoms with Crippen LogP contribution in [-0.4, -0.2) is 34.9 Å². The summed E-state index contributed by atoms with van der Waals surface area (Å²) >= 11 is 0. The average Bonchev–Trinajstić information content (AvgIpc) is 2.23. The number of carbonyl (C=O) groups is 2. The topological polar surface area (TPSA) is 103 Å². The number of hydrogen-bond donors (Lipinski definition) is 3. The monoisotopic (exact) mass is 272 g/mol. The number of aliphatic carboxylic acids is 1. The average molecular weight is 272 g/mol. The van der Waals surface area contributed by atoms with Gasteiger partial charge in [0.1, 0.15) is 0 Å². The smallest absolute Gasteiger partial charge is 0.316 e. The molecule has 0 aromatic rings. The zero-order valence-corrected chi connectivity index (χ0v) is 12.3. The van der Waals surface area contributed by atoms with E-state index in [1.165, 1.54) is 0 Å². The van der Waals surface area contributed by atoms with Crippen LogP contribution in [0.3, 0.4) is 0 Å². The van der Waals surface area contributed by atoms with E-state index < -0.39 is 11.6 Å². The number of rotatable bonds is 6. The van der Waals surface area contributed by atoms with E-state index in [0.29, 0.717) is 6.54 Å². The quantitative estimate of drug-likeness (QED) is 0.645. The van der Waals surface area contributed by atoms with Gasteiger partial charge >= 0.3 is 12.0 Å². The molecule has 2 amide bonds. The first-order chi connectivity index (χ1) is 8.58. The van der Waals surface area contributed by atoms with Crippen LogP contribution in [0.4, 0.5) is 4.79 Å². The van der Waals surface area contributed by atoms with Crippen LogP contribution < -0.4 is 10.6 Å². The maximum atomic E-state index is 11.6.